The largest absolute Gasteiger partial charge is 0.365 e. The molecular formula is C16H19ClN4O2. The van der Waals surface area contributed by atoms with Gasteiger partial charge >= 0.3 is 0 Å². The molecule has 6 nitrogen and oxygen atoms in total. The topological polar surface area (TPSA) is 79.9 Å². The number of aryl methyl sites for hydroxylation is 1. The van der Waals surface area contributed by atoms with Crippen molar-refractivity contribution in [1.29, 1.82) is 0 Å². The number of benzene rings is 1. The zero-order chi connectivity index (χ0) is 16.2. The second kappa shape index (κ2) is 7.10. The van der Waals surface area contributed by atoms with Crippen molar-refractivity contribution in [3.8, 4) is 0 Å². The van der Waals surface area contributed by atoms with E-state index in [2.05, 4.69) is 20.5 Å². The van der Waals surface area contributed by atoms with Gasteiger partial charge < -0.3 is 10.1 Å². The number of nitrogens with zero attached hydrogens (tertiary/aromatic N) is 2. The van der Waals surface area contributed by atoms with Gasteiger partial charge in [-0.05, 0) is 37.0 Å². The normalized spacial score (nSPS) is 20.6. The van der Waals surface area contributed by atoms with Gasteiger partial charge in [-0.2, -0.15) is 5.10 Å². The molecule has 3 rings (SSSR count). The highest BCUT2D eigenvalue weighted by Gasteiger charge is 2.28. The number of H-pyrrole nitrogens is 1. The van der Waals surface area contributed by atoms with Crippen LogP contribution in [0.5, 0.6) is 0 Å². The second-order valence-electron chi connectivity index (χ2n) is 5.71. The highest BCUT2D eigenvalue weighted by molar-refractivity contribution is 6.31. The molecule has 2 N–H and O–H groups in total. The SMILES string of the molecule is Cc1cccc(Cl)c1CC(=O)NC[C@H]1CC[C@@H](c2ncn[nH]2)O1. The Morgan fingerprint density at radius 2 is 2.35 bits per heavy atom. The van der Waals surface area contributed by atoms with Crippen LogP contribution in [0.1, 0.15) is 35.9 Å². The number of hydrogen-bond donors (Lipinski definition) is 2. The van der Waals surface area contributed by atoms with E-state index < -0.39 is 0 Å². The lowest BCUT2D eigenvalue weighted by Gasteiger charge is -2.14. The first kappa shape index (κ1) is 16.0. The molecule has 23 heavy (non-hydrogen) atoms. The molecule has 1 aromatic heterocycles. The van der Waals surface area contributed by atoms with E-state index in [1.165, 1.54) is 6.33 Å². The summed E-state index contributed by atoms with van der Waals surface area (Å²) in [5.74, 6) is 0.693. The van der Waals surface area contributed by atoms with Gasteiger partial charge in [0.25, 0.3) is 0 Å². The Balaban J connectivity index is 1.48. The van der Waals surface area contributed by atoms with Crippen molar-refractivity contribution in [2.75, 3.05) is 6.54 Å². The minimum absolute atomic E-state index is 0.00129. The third-order valence-corrected chi connectivity index (χ3v) is 4.42. The summed E-state index contributed by atoms with van der Waals surface area (Å²) in [5, 5.41) is 10.2. The van der Waals surface area contributed by atoms with Crippen LogP contribution in [-0.4, -0.2) is 33.7 Å². The molecule has 1 fully saturated rings. The molecule has 0 spiro atoms. The molecule has 7 heteroatoms. The molecule has 2 aromatic rings. The Bertz CT molecular complexity index is 654. The van der Waals surface area contributed by atoms with Gasteiger partial charge in [-0.25, -0.2) is 4.98 Å². The highest BCUT2D eigenvalue weighted by atomic mass is 35.5. The van der Waals surface area contributed by atoms with E-state index in [1.807, 2.05) is 19.1 Å². The van der Waals surface area contributed by atoms with Gasteiger partial charge in [0.15, 0.2) is 5.82 Å². The predicted octanol–water partition coefficient (Wildman–Crippen LogP) is 2.35. The summed E-state index contributed by atoms with van der Waals surface area (Å²) in [6.45, 7) is 2.45. The minimum atomic E-state index is -0.0646. The molecule has 1 saturated heterocycles. The number of carbonyl (C=O) groups excluding carboxylic acids is 1. The van der Waals surface area contributed by atoms with E-state index in [0.29, 0.717) is 11.6 Å². The lowest BCUT2D eigenvalue weighted by Crippen LogP contribution is -2.33. The lowest BCUT2D eigenvalue weighted by atomic mass is 10.1. The summed E-state index contributed by atoms with van der Waals surface area (Å²) >= 11 is 6.16. The van der Waals surface area contributed by atoms with Crippen LogP contribution >= 0.6 is 11.6 Å². The van der Waals surface area contributed by atoms with Crippen LogP contribution in [0.25, 0.3) is 0 Å². The number of carbonyl (C=O) groups is 1. The van der Waals surface area contributed by atoms with Crippen molar-refractivity contribution in [2.24, 2.45) is 0 Å². The Kier molecular flexibility index (Phi) is 4.93. The third-order valence-electron chi connectivity index (χ3n) is 4.06. The first-order chi connectivity index (χ1) is 11.1. The van der Waals surface area contributed by atoms with Gasteiger partial charge in [0.05, 0.1) is 12.5 Å². The molecular weight excluding hydrogens is 316 g/mol. The number of amides is 1. The summed E-state index contributed by atoms with van der Waals surface area (Å²) < 4.78 is 5.88. The van der Waals surface area contributed by atoms with Gasteiger partial charge in [0, 0.05) is 11.6 Å². The molecule has 0 bridgehead atoms. The average Bonchev–Trinajstić information content (AvgIpc) is 3.19. The van der Waals surface area contributed by atoms with Crippen LogP contribution in [0.3, 0.4) is 0 Å². The Labute approximate surface area is 139 Å². The summed E-state index contributed by atoms with van der Waals surface area (Å²) in [5.41, 5.74) is 1.90. The quantitative estimate of drug-likeness (QED) is 0.879. The average molecular weight is 335 g/mol. The monoisotopic (exact) mass is 334 g/mol. The van der Waals surface area contributed by atoms with Crippen molar-refractivity contribution < 1.29 is 9.53 Å². The molecule has 1 aliphatic heterocycles. The zero-order valence-electron chi connectivity index (χ0n) is 12.9. The van der Waals surface area contributed by atoms with Crippen LogP contribution in [0, 0.1) is 6.92 Å². The third kappa shape index (κ3) is 3.89. The number of aromatic amines is 1. The summed E-state index contributed by atoms with van der Waals surface area (Å²) in [7, 11) is 0. The molecule has 0 radical (unpaired) electrons. The zero-order valence-corrected chi connectivity index (χ0v) is 13.6. The van der Waals surface area contributed by atoms with E-state index in [9.17, 15) is 4.79 Å². The molecule has 122 valence electrons. The fourth-order valence-electron chi connectivity index (χ4n) is 2.77. The van der Waals surface area contributed by atoms with Crippen LogP contribution in [0.2, 0.25) is 5.02 Å². The first-order valence-electron chi connectivity index (χ1n) is 7.65. The van der Waals surface area contributed by atoms with Crippen LogP contribution in [0.15, 0.2) is 24.5 Å². The molecule has 0 unspecified atom stereocenters. The van der Waals surface area contributed by atoms with Gasteiger partial charge in [-0.3, -0.25) is 9.89 Å². The summed E-state index contributed by atoms with van der Waals surface area (Å²) in [4.78, 5) is 16.2. The van der Waals surface area contributed by atoms with Gasteiger partial charge in [-0.15, -0.1) is 0 Å². The molecule has 1 aromatic carbocycles. The van der Waals surface area contributed by atoms with Crippen LogP contribution < -0.4 is 5.32 Å². The fraction of sp³-hybridized carbons (Fsp3) is 0.438. The van der Waals surface area contributed by atoms with E-state index in [-0.39, 0.29) is 24.5 Å². The van der Waals surface area contributed by atoms with E-state index >= 15 is 0 Å². The number of halogens is 1. The molecule has 2 atom stereocenters. The van der Waals surface area contributed by atoms with Gasteiger partial charge in [0.2, 0.25) is 5.91 Å². The Morgan fingerprint density at radius 1 is 1.48 bits per heavy atom. The van der Waals surface area contributed by atoms with Crippen LogP contribution in [-0.2, 0) is 16.0 Å². The summed E-state index contributed by atoms with van der Waals surface area (Å²) in [6, 6.07) is 5.64. The van der Waals surface area contributed by atoms with Crippen molar-refractivity contribution in [2.45, 2.75) is 38.4 Å². The number of rotatable bonds is 5. The van der Waals surface area contributed by atoms with Crippen LogP contribution in [0.4, 0.5) is 0 Å². The standard InChI is InChI=1S/C16H19ClN4O2/c1-10-3-2-4-13(17)12(10)7-15(22)18-8-11-5-6-14(23-11)16-19-9-20-21-16/h2-4,9,11,14H,5-8H2,1H3,(H,18,22)(H,19,20,21)/t11-,14+/m1/s1. The maximum absolute atomic E-state index is 12.1. The smallest absolute Gasteiger partial charge is 0.224 e. The Morgan fingerprint density at radius 3 is 3.09 bits per heavy atom. The number of nitrogens with one attached hydrogen (secondary N) is 2. The van der Waals surface area contributed by atoms with E-state index in [1.54, 1.807) is 6.07 Å². The molecule has 2 heterocycles. The van der Waals surface area contributed by atoms with Gasteiger partial charge in [0.1, 0.15) is 12.4 Å². The highest BCUT2D eigenvalue weighted by Crippen LogP contribution is 2.30. The maximum Gasteiger partial charge on any atom is 0.224 e. The lowest BCUT2D eigenvalue weighted by molar-refractivity contribution is -0.121. The summed E-state index contributed by atoms with van der Waals surface area (Å²) in [6.07, 6.45) is 3.45. The van der Waals surface area contributed by atoms with Gasteiger partial charge in [-0.1, -0.05) is 23.7 Å². The van der Waals surface area contributed by atoms with Crippen molar-refractivity contribution in [3.63, 3.8) is 0 Å². The fourth-order valence-corrected chi connectivity index (χ4v) is 3.06. The van der Waals surface area contributed by atoms with Crippen molar-refractivity contribution >= 4 is 17.5 Å². The molecule has 1 amide bonds. The number of aromatic nitrogens is 3. The molecule has 0 saturated carbocycles. The second-order valence-corrected chi connectivity index (χ2v) is 6.12. The predicted molar refractivity (Wildman–Crippen MR) is 86.1 cm³/mol. The minimum Gasteiger partial charge on any atom is -0.365 e. The molecule has 1 aliphatic rings. The van der Waals surface area contributed by atoms with Crippen molar-refractivity contribution in [1.82, 2.24) is 20.5 Å². The first-order valence-corrected chi connectivity index (χ1v) is 8.02. The van der Waals surface area contributed by atoms with E-state index in [4.69, 9.17) is 16.3 Å². The Hall–Kier alpha value is -1.92. The maximum atomic E-state index is 12.1. The number of hydrogen-bond acceptors (Lipinski definition) is 4. The molecule has 0 aliphatic carbocycles. The van der Waals surface area contributed by atoms with Crippen molar-refractivity contribution in [3.05, 3.63) is 46.5 Å². The van der Waals surface area contributed by atoms with E-state index in [0.717, 1.165) is 29.8 Å². The number of ether oxygens (including phenoxy) is 1.